The van der Waals surface area contributed by atoms with Crippen molar-refractivity contribution in [1.82, 2.24) is 10.2 Å². The highest BCUT2D eigenvalue weighted by Gasteiger charge is 2.17. The van der Waals surface area contributed by atoms with Gasteiger partial charge in [-0.1, -0.05) is 60.1 Å². The molecule has 1 aliphatic rings. The van der Waals surface area contributed by atoms with E-state index in [-0.39, 0.29) is 5.91 Å². The Hall–Kier alpha value is -2.47. The number of para-hydroxylation sites is 1. The minimum atomic E-state index is -0.0173. The summed E-state index contributed by atoms with van der Waals surface area (Å²) in [6, 6.07) is 26.5. The molecule has 4 nitrogen and oxygen atoms in total. The van der Waals surface area contributed by atoms with E-state index in [4.69, 9.17) is 11.6 Å². The molecule has 0 saturated carbocycles. The van der Waals surface area contributed by atoms with Gasteiger partial charge in [0.15, 0.2) is 0 Å². The summed E-state index contributed by atoms with van der Waals surface area (Å²) in [4.78, 5) is 17.4. The third-order valence-corrected chi connectivity index (χ3v) is 7.24. The van der Waals surface area contributed by atoms with Gasteiger partial charge in [0.25, 0.3) is 5.91 Å². The predicted octanol–water partition coefficient (Wildman–Crippen LogP) is 5.33. The van der Waals surface area contributed by atoms with Gasteiger partial charge in [0.05, 0.1) is 0 Å². The van der Waals surface area contributed by atoms with Gasteiger partial charge in [0.2, 0.25) is 0 Å². The normalized spacial score (nSPS) is 14.3. The summed E-state index contributed by atoms with van der Waals surface area (Å²) in [5.74, 6) is 1.68. The van der Waals surface area contributed by atoms with Crippen LogP contribution in [0, 0.1) is 0 Å². The second-order valence-electron chi connectivity index (χ2n) is 8.20. The molecule has 1 amide bonds. The van der Waals surface area contributed by atoms with E-state index >= 15 is 0 Å². The lowest BCUT2D eigenvalue weighted by molar-refractivity contribution is 0.0956. The molecule has 0 aromatic heterocycles. The Morgan fingerprint density at radius 2 is 1.58 bits per heavy atom. The van der Waals surface area contributed by atoms with Gasteiger partial charge in [-0.2, -0.15) is 11.8 Å². The first-order chi connectivity index (χ1) is 16.2. The second kappa shape index (κ2) is 12.1. The predicted molar refractivity (Wildman–Crippen MR) is 140 cm³/mol. The lowest BCUT2D eigenvalue weighted by Crippen LogP contribution is -2.45. The first-order valence-electron chi connectivity index (χ1n) is 11.4. The third kappa shape index (κ3) is 7.00. The van der Waals surface area contributed by atoms with Crippen molar-refractivity contribution < 1.29 is 4.79 Å². The molecule has 172 valence electrons. The van der Waals surface area contributed by atoms with E-state index in [1.807, 2.05) is 36.4 Å². The van der Waals surface area contributed by atoms with Crippen LogP contribution in [-0.4, -0.2) is 49.3 Å². The van der Waals surface area contributed by atoms with Crippen LogP contribution in [-0.2, 0) is 12.3 Å². The number of nitrogens with one attached hydrogen (secondary N) is 1. The third-order valence-electron chi connectivity index (χ3n) is 5.86. The summed E-state index contributed by atoms with van der Waals surface area (Å²) in [6.07, 6.45) is 0. The molecule has 33 heavy (non-hydrogen) atoms. The van der Waals surface area contributed by atoms with Crippen LogP contribution >= 0.6 is 23.4 Å². The highest BCUT2D eigenvalue weighted by molar-refractivity contribution is 7.98. The summed E-state index contributed by atoms with van der Waals surface area (Å²) in [7, 11) is 0. The quantitative estimate of drug-likeness (QED) is 0.421. The molecule has 0 spiro atoms. The largest absolute Gasteiger partial charge is 0.369 e. The molecule has 0 aliphatic carbocycles. The smallest absolute Gasteiger partial charge is 0.251 e. The van der Waals surface area contributed by atoms with Gasteiger partial charge in [-0.25, -0.2) is 0 Å². The highest BCUT2D eigenvalue weighted by atomic mass is 35.5. The van der Waals surface area contributed by atoms with Crippen molar-refractivity contribution in [2.24, 2.45) is 0 Å². The molecular formula is C27H30ClN3OS. The SMILES string of the molecule is O=C(NCCSCc1ccccc1Cl)c1ccc(CN2CCN(c3ccccc3)CC2)cc1. The van der Waals surface area contributed by atoms with Crippen molar-refractivity contribution in [2.75, 3.05) is 43.4 Å². The van der Waals surface area contributed by atoms with E-state index in [1.54, 1.807) is 11.8 Å². The van der Waals surface area contributed by atoms with Gasteiger partial charge in [-0.05, 0) is 41.5 Å². The first-order valence-corrected chi connectivity index (χ1v) is 12.9. The van der Waals surface area contributed by atoms with E-state index in [1.165, 1.54) is 11.3 Å². The summed E-state index contributed by atoms with van der Waals surface area (Å²) in [5, 5.41) is 3.81. The Balaban J connectivity index is 1.16. The number of piperazine rings is 1. The van der Waals surface area contributed by atoms with Crippen LogP contribution in [0.25, 0.3) is 0 Å². The number of nitrogens with zero attached hydrogens (tertiary/aromatic N) is 2. The number of carbonyl (C=O) groups is 1. The monoisotopic (exact) mass is 479 g/mol. The molecule has 3 aromatic carbocycles. The van der Waals surface area contributed by atoms with Gasteiger partial charge >= 0.3 is 0 Å². The maximum Gasteiger partial charge on any atom is 0.251 e. The Bertz CT molecular complexity index is 1020. The number of hydrogen-bond acceptors (Lipinski definition) is 4. The first kappa shape index (κ1) is 23.7. The fourth-order valence-electron chi connectivity index (χ4n) is 3.96. The second-order valence-corrected chi connectivity index (χ2v) is 9.71. The highest BCUT2D eigenvalue weighted by Crippen LogP contribution is 2.20. The van der Waals surface area contributed by atoms with Crippen molar-refractivity contribution >= 4 is 35.0 Å². The van der Waals surface area contributed by atoms with Crippen molar-refractivity contribution in [3.05, 3.63) is 101 Å². The molecule has 0 bridgehead atoms. The lowest BCUT2D eigenvalue weighted by Gasteiger charge is -2.36. The summed E-state index contributed by atoms with van der Waals surface area (Å²) in [6.45, 7) is 5.73. The molecule has 6 heteroatoms. The van der Waals surface area contributed by atoms with Crippen LogP contribution in [0.3, 0.4) is 0 Å². The Morgan fingerprint density at radius 1 is 0.879 bits per heavy atom. The van der Waals surface area contributed by atoms with E-state index in [0.717, 1.165) is 54.8 Å². The number of amides is 1. The molecule has 0 unspecified atom stereocenters. The number of hydrogen-bond donors (Lipinski definition) is 1. The van der Waals surface area contributed by atoms with Crippen LogP contribution in [0.1, 0.15) is 21.5 Å². The number of rotatable bonds is 9. The van der Waals surface area contributed by atoms with Gasteiger partial charge in [0.1, 0.15) is 0 Å². The van der Waals surface area contributed by atoms with E-state index in [9.17, 15) is 4.79 Å². The van der Waals surface area contributed by atoms with Crippen molar-refractivity contribution in [3.8, 4) is 0 Å². The summed E-state index contributed by atoms with van der Waals surface area (Å²) in [5.41, 5.74) is 4.39. The summed E-state index contributed by atoms with van der Waals surface area (Å²) >= 11 is 7.96. The van der Waals surface area contributed by atoms with Crippen LogP contribution in [0.2, 0.25) is 5.02 Å². The summed E-state index contributed by atoms with van der Waals surface area (Å²) < 4.78 is 0. The van der Waals surface area contributed by atoms with E-state index in [0.29, 0.717) is 12.1 Å². The topological polar surface area (TPSA) is 35.6 Å². The van der Waals surface area contributed by atoms with Gasteiger partial charge in [-0.3, -0.25) is 9.69 Å². The zero-order valence-electron chi connectivity index (χ0n) is 18.8. The minimum Gasteiger partial charge on any atom is -0.369 e. The Kier molecular flexibility index (Phi) is 8.70. The fourth-order valence-corrected chi connectivity index (χ4v) is 5.10. The number of anilines is 1. The van der Waals surface area contributed by atoms with Crippen LogP contribution in [0.4, 0.5) is 5.69 Å². The van der Waals surface area contributed by atoms with Crippen LogP contribution in [0.5, 0.6) is 0 Å². The molecule has 1 aliphatic heterocycles. The van der Waals surface area contributed by atoms with Gasteiger partial charge in [-0.15, -0.1) is 0 Å². The van der Waals surface area contributed by atoms with Crippen LogP contribution < -0.4 is 10.2 Å². The van der Waals surface area contributed by atoms with Crippen molar-refractivity contribution in [2.45, 2.75) is 12.3 Å². The lowest BCUT2D eigenvalue weighted by atomic mass is 10.1. The number of thioether (sulfide) groups is 1. The van der Waals surface area contributed by atoms with Crippen molar-refractivity contribution in [3.63, 3.8) is 0 Å². The average molecular weight is 480 g/mol. The zero-order valence-corrected chi connectivity index (χ0v) is 20.3. The Morgan fingerprint density at radius 3 is 2.30 bits per heavy atom. The molecule has 1 saturated heterocycles. The number of halogens is 1. The fraction of sp³-hybridized carbons (Fsp3) is 0.296. The molecule has 1 fully saturated rings. The van der Waals surface area contributed by atoms with Gasteiger partial charge in [0, 0.05) is 67.0 Å². The van der Waals surface area contributed by atoms with Crippen LogP contribution in [0.15, 0.2) is 78.9 Å². The molecule has 0 radical (unpaired) electrons. The van der Waals surface area contributed by atoms with Crippen molar-refractivity contribution in [1.29, 1.82) is 0 Å². The number of carbonyl (C=O) groups excluding carboxylic acids is 1. The molecule has 0 atom stereocenters. The molecule has 4 rings (SSSR count). The molecule has 1 N–H and O–H groups in total. The molecule has 1 heterocycles. The maximum absolute atomic E-state index is 12.4. The van der Waals surface area contributed by atoms with Gasteiger partial charge < -0.3 is 10.2 Å². The average Bonchev–Trinajstić information content (AvgIpc) is 2.86. The Labute approximate surface area is 205 Å². The molecule has 3 aromatic rings. The zero-order chi connectivity index (χ0) is 22.9. The number of benzene rings is 3. The van der Waals surface area contributed by atoms with E-state index in [2.05, 4.69) is 57.6 Å². The standard InChI is InChI=1S/C27H30ClN3OS/c28-26-9-5-4-6-24(26)21-33-19-14-29-27(32)23-12-10-22(11-13-23)20-30-15-17-31(18-16-30)25-7-2-1-3-8-25/h1-13H,14-21H2,(H,29,32). The van der Waals surface area contributed by atoms with E-state index < -0.39 is 0 Å². The maximum atomic E-state index is 12.4. The molecular weight excluding hydrogens is 450 g/mol. The minimum absolute atomic E-state index is 0.0173.